The van der Waals surface area contributed by atoms with Crippen LogP contribution < -0.4 is 10.1 Å². The van der Waals surface area contributed by atoms with Crippen LogP contribution in [0.1, 0.15) is 5.56 Å². The maximum atomic E-state index is 5.88. The molecule has 0 bridgehead atoms. The van der Waals surface area contributed by atoms with Crippen molar-refractivity contribution in [2.45, 2.75) is 6.92 Å². The van der Waals surface area contributed by atoms with Gasteiger partial charge in [-0.1, -0.05) is 35.9 Å². The second kappa shape index (κ2) is 6.08. The summed E-state index contributed by atoms with van der Waals surface area (Å²) >= 11 is 0. The zero-order valence-electron chi connectivity index (χ0n) is 13.2. The fourth-order valence-corrected chi connectivity index (χ4v) is 2.43. The first-order chi connectivity index (χ1) is 11.8. The fraction of sp³-hybridized carbons (Fsp3) is 0.0500. The molecule has 1 heterocycles. The van der Waals surface area contributed by atoms with Crippen molar-refractivity contribution >= 4 is 22.8 Å². The standard InChI is InChI=1S/C20H16N2O2/c1-14-9-11-16(12-10-14)23-17-6-4-5-15(13-17)21-20-22-18-7-2-3-8-19(18)24-20/h2-13H,1H3,(H,21,22). The number of benzene rings is 3. The van der Waals surface area contributed by atoms with Crippen molar-refractivity contribution in [1.29, 1.82) is 0 Å². The molecule has 24 heavy (non-hydrogen) atoms. The lowest BCUT2D eigenvalue weighted by molar-refractivity contribution is 0.483. The molecule has 0 saturated carbocycles. The molecule has 0 saturated heterocycles. The maximum absolute atomic E-state index is 5.88. The number of hydrogen-bond acceptors (Lipinski definition) is 4. The average Bonchev–Trinajstić information content (AvgIpc) is 2.99. The Bertz CT molecular complexity index is 941. The minimum absolute atomic E-state index is 0.462. The minimum Gasteiger partial charge on any atom is -0.457 e. The van der Waals surface area contributed by atoms with Gasteiger partial charge < -0.3 is 14.5 Å². The Hall–Kier alpha value is -3.27. The van der Waals surface area contributed by atoms with E-state index in [4.69, 9.17) is 9.15 Å². The summed E-state index contributed by atoms with van der Waals surface area (Å²) in [6, 6.07) is 23.8. The van der Waals surface area contributed by atoms with Crippen LogP contribution in [0.2, 0.25) is 0 Å². The number of rotatable bonds is 4. The highest BCUT2D eigenvalue weighted by Crippen LogP contribution is 2.27. The van der Waals surface area contributed by atoms with E-state index < -0.39 is 0 Å². The fourth-order valence-electron chi connectivity index (χ4n) is 2.43. The average molecular weight is 316 g/mol. The number of nitrogens with one attached hydrogen (secondary N) is 1. The van der Waals surface area contributed by atoms with E-state index in [0.29, 0.717) is 6.01 Å². The first kappa shape index (κ1) is 14.3. The second-order valence-corrected chi connectivity index (χ2v) is 5.55. The number of aryl methyl sites for hydroxylation is 1. The van der Waals surface area contributed by atoms with Gasteiger partial charge in [0.2, 0.25) is 0 Å². The van der Waals surface area contributed by atoms with Gasteiger partial charge >= 0.3 is 0 Å². The van der Waals surface area contributed by atoms with Gasteiger partial charge in [-0.3, -0.25) is 0 Å². The van der Waals surface area contributed by atoms with Gasteiger partial charge in [0.15, 0.2) is 5.58 Å². The molecule has 0 atom stereocenters. The molecule has 1 N–H and O–H groups in total. The Kier molecular flexibility index (Phi) is 3.63. The van der Waals surface area contributed by atoms with Crippen molar-refractivity contribution in [2.24, 2.45) is 0 Å². The van der Waals surface area contributed by atoms with E-state index in [0.717, 1.165) is 28.3 Å². The van der Waals surface area contributed by atoms with Crippen LogP contribution in [0.3, 0.4) is 0 Å². The molecule has 1 aromatic heterocycles. The van der Waals surface area contributed by atoms with Gasteiger partial charge in [0, 0.05) is 11.8 Å². The summed E-state index contributed by atoms with van der Waals surface area (Å²) in [5, 5.41) is 3.17. The molecule has 4 heteroatoms. The zero-order chi connectivity index (χ0) is 16.4. The summed E-state index contributed by atoms with van der Waals surface area (Å²) in [5.41, 5.74) is 3.64. The third-order valence-electron chi connectivity index (χ3n) is 3.64. The molecule has 4 rings (SSSR count). The highest BCUT2D eigenvalue weighted by molar-refractivity contribution is 5.75. The van der Waals surface area contributed by atoms with Gasteiger partial charge in [0.05, 0.1) is 0 Å². The van der Waals surface area contributed by atoms with Crippen LogP contribution in [0.4, 0.5) is 11.7 Å². The molecule has 4 nitrogen and oxygen atoms in total. The van der Waals surface area contributed by atoms with Gasteiger partial charge in [-0.2, -0.15) is 4.98 Å². The molecular formula is C20H16N2O2. The molecular weight excluding hydrogens is 300 g/mol. The van der Waals surface area contributed by atoms with Crippen LogP contribution in [0.15, 0.2) is 77.2 Å². The Morgan fingerprint density at radius 2 is 1.71 bits per heavy atom. The molecule has 0 amide bonds. The van der Waals surface area contributed by atoms with Gasteiger partial charge in [0.1, 0.15) is 17.0 Å². The molecule has 0 aliphatic rings. The Balaban J connectivity index is 1.54. The van der Waals surface area contributed by atoms with Gasteiger partial charge in [-0.25, -0.2) is 0 Å². The number of anilines is 2. The monoisotopic (exact) mass is 316 g/mol. The van der Waals surface area contributed by atoms with E-state index in [1.54, 1.807) is 0 Å². The van der Waals surface area contributed by atoms with Gasteiger partial charge in [-0.15, -0.1) is 0 Å². The third kappa shape index (κ3) is 3.08. The Morgan fingerprint density at radius 1 is 0.875 bits per heavy atom. The lowest BCUT2D eigenvalue weighted by Crippen LogP contribution is -1.91. The number of aromatic nitrogens is 1. The lowest BCUT2D eigenvalue weighted by Gasteiger charge is -2.08. The van der Waals surface area contributed by atoms with Crippen molar-refractivity contribution in [3.05, 3.63) is 78.4 Å². The van der Waals surface area contributed by atoms with E-state index >= 15 is 0 Å². The van der Waals surface area contributed by atoms with Crippen LogP contribution >= 0.6 is 0 Å². The molecule has 0 aliphatic heterocycles. The van der Waals surface area contributed by atoms with E-state index in [-0.39, 0.29) is 0 Å². The summed E-state index contributed by atoms with van der Waals surface area (Å²) in [7, 11) is 0. The molecule has 3 aromatic carbocycles. The smallest absolute Gasteiger partial charge is 0.300 e. The quantitative estimate of drug-likeness (QED) is 0.527. The molecule has 0 spiro atoms. The van der Waals surface area contributed by atoms with Gasteiger partial charge in [-0.05, 0) is 43.3 Å². The summed E-state index contributed by atoms with van der Waals surface area (Å²) < 4.78 is 11.6. The van der Waals surface area contributed by atoms with Crippen LogP contribution in [-0.4, -0.2) is 4.98 Å². The molecule has 0 radical (unpaired) electrons. The van der Waals surface area contributed by atoms with Crippen molar-refractivity contribution in [2.75, 3.05) is 5.32 Å². The largest absolute Gasteiger partial charge is 0.457 e. The topological polar surface area (TPSA) is 47.3 Å². The maximum Gasteiger partial charge on any atom is 0.300 e. The zero-order valence-corrected chi connectivity index (χ0v) is 13.2. The lowest BCUT2D eigenvalue weighted by atomic mass is 10.2. The number of hydrogen-bond donors (Lipinski definition) is 1. The number of ether oxygens (including phenoxy) is 1. The first-order valence-electron chi connectivity index (χ1n) is 7.73. The first-order valence-corrected chi connectivity index (χ1v) is 7.73. The second-order valence-electron chi connectivity index (χ2n) is 5.55. The third-order valence-corrected chi connectivity index (χ3v) is 3.64. The number of oxazole rings is 1. The molecule has 0 fully saturated rings. The van der Waals surface area contributed by atoms with E-state index in [1.807, 2.05) is 72.8 Å². The summed E-state index contributed by atoms with van der Waals surface area (Å²) in [4.78, 5) is 4.41. The summed E-state index contributed by atoms with van der Waals surface area (Å²) in [6.45, 7) is 2.05. The van der Waals surface area contributed by atoms with E-state index in [1.165, 1.54) is 5.56 Å². The number of nitrogens with zero attached hydrogens (tertiary/aromatic N) is 1. The molecule has 0 unspecified atom stereocenters. The molecule has 4 aromatic rings. The SMILES string of the molecule is Cc1ccc(Oc2cccc(Nc3nc4ccccc4o3)c2)cc1. The van der Waals surface area contributed by atoms with Crippen LogP contribution in [-0.2, 0) is 0 Å². The normalized spacial score (nSPS) is 10.7. The van der Waals surface area contributed by atoms with Crippen molar-refractivity contribution in [3.63, 3.8) is 0 Å². The highest BCUT2D eigenvalue weighted by Gasteiger charge is 2.06. The predicted octanol–water partition coefficient (Wildman–Crippen LogP) is 5.67. The summed E-state index contributed by atoms with van der Waals surface area (Å²) in [5.74, 6) is 1.56. The molecule has 0 aliphatic carbocycles. The Labute approximate surface area is 139 Å². The highest BCUT2D eigenvalue weighted by atomic mass is 16.5. The van der Waals surface area contributed by atoms with Crippen LogP contribution in [0, 0.1) is 6.92 Å². The van der Waals surface area contributed by atoms with E-state index in [9.17, 15) is 0 Å². The summed E-state index contributed by atoms with van der Waals surface area (Å²) in [6.07, 6.45) is 0. The van der Waals surface area contributed by atoms with Crippen LogP contribution in [0.25, 0.3) is 11.1 Å². The number of fused-ring (bicyclic) bond motifs is 1. The Morgan fingerprint density at radius 3 is 2.54 bits per heavy atom. The van der Waals surface area contributed by atoms with Crippen molar-refractivity contribution in [3.8, 4) is 11.5 Å². The van der Waals surface area contributed by atoms with Gasteiger partial charge in [0.25, 0.3) is 6.01 Å². The van der Waals surface area contributed by atoms with Crippen molar-refractivity contribution in [1.82, 2.24) is 4.98 Å². The predicted molar refractivity (Wildman–Crippen MR) is 95.0 cm³/mol. The minimum atomic E-state index is 0.462. The van der Waals surface area contributed by atoms with Crippen molar-refractivity contribution < 1.29 is 9.15 Å². The van der Waals surface area contributed by atoms with Crippen LogP contribution in [0.5, 0.6) is 11.5 Å². The van der Waals surface area contributed by atoms with E-state index in [2.05, 4.69) is 17.2 Å². The number of para-hydroxylation sites is 2. The molecule has 118 valence electrons.